The molecule has 0 aromatic rings. The van der Waals surface area contributed by atoms with Crippen LogP contribution in [0.2, 0.25) is 0 Å². The van der Waals surface area contributed by atoms with Crippen molar-refractivity contribution in [2.24, 2.45) is 11.8 Å². The third kappa shape index (κ3) is 4.35. The van der Waals surface area contributed by atoms with Crippen molar-refractivity contribution < 1.29 is 24.2 Å². The Morgan fingerprint density at radius 1 is 1.50 bits per heavy atom. The largest absolute Gasteiger partial charge is 0.461 e. The Kier molecular flexibility index (Phi) is 5.99. The molecule has 0 saturated carbocycles. The molecule has 0 aromatic heterocycles. The highest BCUT2D eigenvalue weighted by molar-refractivity contribution is 5.91. The Balaban J connectivity index is 2.19. The molecule has 2 aliphatic rings. The average Bonchev–Trinajstić information content (AvgIpc) is 2.78. The summed E-state index contributed by atoms with van der Waals surface area (Å²) in [7, 11) is 0. The monoisotopic (exact) mass is 334 g/mol. The lowest BCUT2D eigenvalue weighted by Crippen LogP contribution is -2.29. The fourth-order valence-corrected chi connectivity index (χ4v) is 3.01. The predicted octanol–water partition coefficient (Wildman–Crippen LogP) is 2.70. The number of allylic oxidation sites excluding steroid dienone is 2. The molecule has 1 fully saturated rings. The van der Waals surface area contributed by atoms with Crippen molar-refractivity contribution in [2.75, 3.05) is 6.61 Å². The summed E-state index contributed by atoms with van der Waals surface area (Å²) < 4.78 is 10.7. The molecule has 0 radical (unpaired) electrons. The summed E-state index contributed by atoms with van der Waals surface area (Å²) in [6.45, 7) is 9.48. The topological polar surface area (TPSA) is 72.8 Å². The number of carbonyl (C=O) groups is 2. The molecule has 132 valence electrons. The van der Waals surface area contributed by atoms with Gasteiger partial charge < -0.3 is 14.6 Å². The molecular weight excluding hydrogens is 308 g/mol. The van der Waals surface area contributed by atoms with Crippen LogP contribution in [0.4, 0.5) is 0 Å². The van der Waals surface area contributed by atoms with Crippen LogP contribution in [0.15, 0.2) is 35.5 Å². The summed E-state index contributed by atoms with van der Waals surface area (Å²) in [5.74, 6) is -1.37. The van der Waals surface area contributed by atoms with Crippen molar-refractivity contribution >= 4 is 11.9 Å². The number of esters is 2. The van der Waals surface area contributed by atoms with Gasteiger partial charge in [0.25, 0.3) is 0 Å². The van der Waals surface area contributed by atoms with E-state index in [-0.39, 0.29) is 18.5 Å². The molecule has 0 bridgehead atoms. The van der Waals surface area contributed by atoms with Crippen LogP contribution >= 0.6 is 0 Å². The van der Waals surface area contributed by atoms with Crippen molar-refractivity contribution in [3.05, 3.63) is 35.5 Å². The molecule has 2 rings (SSSR count). The van der Waals surface area contributed by atoms with Gasteiger partial charge in [-0.1, -0.05) is 38.2 Å². The Morgan fingerprint density at radius 3 is 2.88 bits per heavy atom. The maximum absolute atomic E-state index is 11.9. The van der Waals surface area contributed by atoms with Crippen molar-refractivity contribution in [2.45, 2.75) is 52.2 Å². The van der Waals surface area contributed by atoms with Gasteiger partial charge in [0.2, 0.25) is 0 Å². The lowest BCUT2D eigenvalue weighted by atomic mass is 9.85. The van der Waals surface area contributed by atoms with Crippen LogP contribution in [0.5, 0.6) is 0 Å². The van der Waals surface area contributed by atoms with Crippen LogP contribution in [-0.4, -0.2) is 35.9 Å². The van der Waals surface area contributed by atoms with Crippen molar-refractivity contribution in [3.8, 4) is 0 Å². The van der Waals surface area contributed by atoms with Gasteiger partial charge in [0.15, 0.2) is 0 Å². The quantitative estimate of drug-likeness (QED) is 0.488. The number of aliphatic hydroxyl groups excluding tert-OH is 1. The van der Waals surface area contributed by atoms with Gasteiger partial charge in [-0.3, -0.25) is 4.79 Å². The van der Waals surface area contributed by atoms with Gasteiger partial charge in [0.05, 0.1) is 17.9 Å². The number of fused-ring (bicyclic) bond motifs is 1. The molecule has 1 N–H and O–H groups in total. The first kappa shape index (κ1) is 18.5. The summed E-state index contributed by atoms with van der Waals surface area (Å²) in [6.07, 6.45) is 4.56. The van der Waals surface area contributed by atoms with E-state index in [0.717, 1.165) is 24.0 Å². The molecule has 1 saturated heterocycles. The highest BCUT2D eigenvalue weighted by Gasteiger charge is 2.42. The zero-order chi connectivity index (χ0) is 17.9. The first-order chi connectivity index (χ1) is 11.3. The van der Waals surface area contributed by atoms with Crippen LogP contribution < -0.4 is 0 Å². The number of carbonyl (C=O) groups excluding carboxylic acids is 2. The second kappa shape index (κ2) is 7.79. The highest BCUT2D eigenvalue weighted by atomic mass is 16.6. The van der Waals surface area contributed by atoms with Crippen LogP contribution in [-0.2, 0) is 19.1 Å². The zero-order valence-corrected chi connectivity index (χ0v) is 14.6. The average molecular weight is 334 g/mol. The van der Waals surface area contributed by atoms with Crippen LogP contribution in [0.3, 0.4) is 0 Å². The minimum absolute atomic E-state index is 0.184. The summed E-state index contributed by atoms with van der Waals surface area (Å²) in [5, 5.41) is 10.5. The lowest BCUT2D eigenvalue weighted by molar-refractivity contribution is -0.147. The van der Waals surface area contributed by atoms with E-state index in [0.29, 0.717) is 12.0 Å². The standard InChI is InChI=1S/C19H26O5/c1-11(2)18(21)23-10-14-7-5-6-12(3)8-15(20)17-13(4)19(22)24-16(17)9-14/h7-8,11,15-17,20H,4-6,9-10H2,1-3H3. The molecule has 1 heterocycles. The summed E-state index contributed by atoms with van der Waals surface area (Å²) in [5.41, 5.74) is 2.25. The Bertz CT molecular complexity index is 585. The fraction of sp³-hybridized carbons (Fsp3) is 0.579. The predicted molar refractivity (Wildman–Crippen MR) is 90.0 cm³/mol. The maximum Gasteiger partial charge on any atom is 0.334 e. The molecule has 3 atom stereocenters. The SMILES string of the molecule is C=C1C(=O)OC2CC(COC(=O)C(C)C)=CCCC(C)=CC(O)C12. The van der Waals surface area contributed by atoms with Crippen LogP contribution in [0, 0.1) is 11.8 Å². The second-order valence-corrected chi connectivity index (χ2v) is 6.87. The number of aliphatic hydroxyl groups is 1. The van der Waals surface area contributed by atoms with E-state index in [1.54, 1.807) is 19.9 Å². The number of ether oxygens (including phenoxy) is 2. The number of hydrogen-bond donors (Lipinski definition) is 1. The van der Waals surface area contributed by atoms with Crippen LogP contribution in [0.25, 0.3) is 0 Å². The minimum Gasteiger partial charge on any atom is -0.461 e. The molecule has 0 amide bonds. The van der Waals surface area contributed by atoms with E-state index in [1.807, 2.05) is 13.0 Å². The maximum atomic E-state index is 11.9. The van der Waals surface area contributed by atoms with Crippen molar-refractivity contribution in [1.82, 2.24) is 0 Å². The molecule has 0 aromatic carbocycles. The minimum atomic E-state index is -0.800. The van der Waals surface area contributed by atoms with Gasteiger partial charge in [-0.25, -0.2) is 4.79 Å². The normalized spacial score (nSPS) is 28.0. The van der Waals surface area contributed by atoms with Gasteiger partial charge in [0.1, 0.15) is 12.7 Å². The van der Waals surface area contributed by atoms with E-state index in [4.69, 9.17) is 9.47 Å². The lowest BCUT2D eigenvalue weighted by Gasteiger charge is -2.24. The van der Waals surface area contributed by atoms with Gasteiger partial charge in [0, 0.05) is 12.0 Å². The molecule has 1 aliphatic heterocycles. The summed E-state index contributed by atoms with van der Waals surface area (Å²) in [4.78, 5) is 23.6. The number of hydrogen-bond acceptors (Lipinski definition) is 5. The van der Waals surface area contributed by atoms with Gasteiger partial charge in [-0.2, -0.15) is 0 Å². The van der Waals surface area contributed by atoms with E-state index in [9.17, 15) is 14.7 Å². The summed E-state index contributed by atoms with van der Waals surface area (Å²) in [6, 6.07) is 0. The highest BCUT2D eigenvalue weighted by Crippen LogP contribution is 2.35. The molecular formula is C19H26O5. The Labute approximate surface area is 143 Å². The third-order valence-electron chi connectivity index (χ3n) is 4.45. The van der Waals surface area contributed by atoms with E-state index in [1.165, 1.54) is 0 Å². The van der Waals surface area contributed by atoms with Gasteiger partial charge in [-0.05, 0) is 25.3 Å². The van der Waals surface area contributed by atoms with Gasteiger partial charge in [-0.15, -0.1) is 0 Å². The molecule has 5 nitrogen and oxygen atoms in total. The molecule has 5 heteroatoms. The van der Waals surface area contributed by atoms with E-state index in [2.05, 4.69) is 6.58 Å². The first-order valence-electron chi connectivity index (χ1n) is 8.39. The van der Waals surface area contributed by atoms with Gasteiger partial charge >= 0.3 is 11.9 Å². The molecule has 0 spiro atoms. The molecule has 24 heavy (non-hydrogen) atoms. The zero-order valence-electron chi connectivity index (χ0n) is 14.6. The van der Waals surface area contributed by atoms with Crippen molar-refractivity contribution in [3.63, 3.8) is 0 Å². The third-order valence-corrected chi connectivity index (χ3v) is 4.45. The smallest absolute Gasteiger partial charge is 0.334 e. The fourth-order valence-electron chi connectivity index (χ4n) is 3.01. The van der Waals surface area contributed by atoms with Crippen LogP contribution in [0.1, 0.15) is 40.0 Å². The Hall–Kier alpha value is -1.88. The van der Waals surface area contributed by atoms with E-state index < -0.39 is 24.1 Å². The Morgan fingerprint density at radius 2 is 2.21 bits per heavy atom. The molecule has 3 unspecified atom stereocenters. The van der Waals surface area contributed by atoms with E-state index >= 15 is 0 Å². The number of rotatable bonds is 3. The second-order valence-electron chi connectivity index (χ2n) is 6.87. The molecule has 1 aliphatic carbocycles. The summed E-state index contributed by atoms with van der Waals surface area (Å²) >= 11 is 0. The van der Waals surface area contributed by atoms with Crippen molar-refractivity contribution in [1.29, 1.82) is 0 Å². The first-order valence-corrected chi connectivity index (χ1v) is 8.39.